The van der Waals surface area contributed by atoms with Gasteiger partial charge in [0.2, 0.25) is 0 Å². The third-order valence-electron chi connectivity index (χ3n) is 2.81. The van der Waals surface area contributed by atoms with E-state index in [9.17, 15) is 4.79 Å². The summed E-state index contributed by atoms with van der Waals surface area (Å²) in [6, 6.07) is 9.13. The van der Waals surface area contributed by atoms with E-state index in [0.717, 1.165) is 11.5 Å². The molecule has 0 unspecified atom stereocenters. The smallest absolute Gasteiger partial charge is 0.159 e. The predicted molar refractivity (Wildman–Crippen MR) is 85.2 cm³/mol. The number of nitrogens with zero attached hydrogens (tertiary/aromatic N) is 2. The fourth-order valence-corrected chi connectivity index (χ4v) is 1.86. The van der Waals surface area contributed by atoms with Crippen LogP contribution in [0.4, 0.5) is 17.3 Å². The van der Waals surface area contributed by atoms with E-state index in [1.165, 1.54) is 0 Å². The fraction of sp³-hybridized carbons (Fsp3) is 0.188. The van der Waals surface area contributed by atoms with Crippen LogP contribution in [0.15, 0.2) is 43.0 Å². The van der Waals surface area contributed by atoms with E-state index in [2.05, 4.69) is 27.2 Å². The molecule has 0 aliphatic rings. The second-order valence-electron chi connectivity index (χ2n) is 4.62. The van der Waals surface area contributed by atoms with Crippen molar-refractivity contribution in [2.75, 3.05) is 17.2 Å². The first-order chi connectivity index (χ1) is 10.1. The lowest BCUT2D eigenvalue weighted by atomic mass is 10.1. The third kappa shape index (κ3) is 4.14. The molecule has 0 spiro atoms. The number of anilines is 3. The molecule has 0 aliphatic heterocycles. The molecule has 1 aromatic heterocycles. The van der Waals surface area contributed by atoms with Crippen LogP contribution in [0.3, 0.4) is 0 Å². The lowest BCUT2D eigenvalue weighted by Crippen LogP contribution is -2.05. The van der Waals surface area contributed by atoms with Gasteiger partial charge in [0, 0.05) is 23.9 Å². The van der Waals surface area contributed by atoms with Gasteiger partial charge < -0.3 is 10.6 Å². The minimum absolute atomic E-state index is 0.0332. The number of nitrogens with one attached hydrogen (secondary N) is 2. The quantitative estimate of drug-likeness (QED) is 0.628. The van der Waals surface area contributed by atoms with E-state index in [1.807, 2.05) is 25.1 Å². The Kier molecular flexibility index (Phi) is 4.66. The van der Waals surface area contributed by atoms with E-state index >= 15 is 0 Å². The number of aryl methyl sites for hydroxylation is 1. The standard InChI is InChI=1S/C16H18N4O/c1-4-8-17-15-10-16(19-12(3)18-15)20-14-7-5-6-13(9-14)11(2)21/h4-7,9-10H,1,8H2,2-3H3,(H2,17,18,19,20). The summed E-state index contributed by atoms with van der Waals surface area (Å²) in [6.07, 6.45) is 1.76. The zero-order valence-corrected chi connectivity index (χ0v) is 12.2. The molecule has 2 aromatic rings. The van der Waals surface area contributed by atoms with Crippen LogP contribution < -0.4 is 10.6 Å². The molecule has 5 nitrogen and oxygen atoms in total. The topological polar surface area (TPSA) is 66.9 Å². The van der Waals surface area contributed by atoms with Gasteiger partial charge in [0.1, 0.15) is 17.5 Å². The summed E-state index contributed by atoms with van der Waals surface area (Å²) in [7, 11) is 0. The monoisotopic (exact) mass is 282 g/mol. The summed E-state index contributed by atoms with van der Waals surface area (Å²) in [5.74, 6) is 2.10. The molecule has 21 heavy (non-hydrogen) atoms. The Morgan fingerprint density at radius 3 is 2.76 bits per heavy atom. The average Bonchev–Trinajstić information content (AvgIpc) is 2.45. The number of aromatic nitrogens is 2. The molecule has 0 radical (unpaired) electrons. The Balaban J connectivity index is 2.22. The number of hydrogen-bond acceptors (Lipinski definition) is 5. The Morgan fingerprint density at radius 2 is 2.05 bits per heavy atom. The summed E-state index contributed by atoms with van der Waals surface area (Å²) >= 11 is 0. The van der Waals surface area contributed by atoms with E-state index in [0.29, 0.717) is 23.8 Å². The van der Waals surface area contributed by atoms with Gasteiger partial charge in [0.15, 0.2) is 5.78 Å². The lowest BCUT2D eigenvalue weighted by Gasteiger charge is -2.10. The molecule has 5 heteroatoms. The van der Waals surface area contributed by atoms with Crippen molar-refractivity contribution < 1.29 is 4.79 Å². The number of hydrogen-bond donors (Lipinski definition) is 2. The van der Waals surface area contributed by atoms with Crippen molar-refractivity contribution in [1.29, 1.82) is 0 Å². The van der Waals surface area contributed by atoms with E-state index < -0.39 is 0 Å². The van der Waals surface area contributed by atoms with Gasteiger partial charge in [0.25, 0.3) is 0 Å². The summed E-state index contributed by atoms with van der Waals surface area (Å²) in [6.45, 7) is 7.67. The zero-order chi connectivity index (χ0) is 15.2. The Bertz CT molecular complexity index is 667. The molecule has 2 N–H and O–H groups in total. The van der Waals surface area contributed by atoms with Crippen molar-refractivity contribution in [3.63, 3.8) is 0 Å². The largest absolute Gasteiger partial charge is 0.366 e. The summed E-state index contributed by atoms with van der Waals surface area (Å²) in [5.41, 5.74) is 1.48. The minimum Gasteiger partial charge on any atom is -0.366 e. The van der Waals surface area contributed by atoms with Crippen molar-refractivity contribution in [1.82, 2.24) is 9.97 Å². The molecule has 1 aromatic carbocycles. The Labute approximate surface area is 124 Å². The molecule has 0 atom stereocenters. The van der Waals surface area contributed by atoms with E-state index in [-0.39, 0.29) is 5.78 Å². The molecule has 2 rings (SSSR count). The molecule has 108 valence electrons. The summed E-state index contributed by atoms with van der Waals surface area (Å²) < 4.78 is 0. The molecule has 0 fully saturated rings. The highest BCUT2D eigenvalue weighted by Gasteiger charge is 2.04. The lowest BCUT2D eigenvalue weighted by molar-refractivity contribution is 0.101. The normalized spacial score (nSPS) is 10.0. The van der Waals surface area contributed by atoms with Crippen LogP contribution in [0.5, 0.6) is 0 Å². The fourth-order valence-electron chi connectivity index (χ4n) is 1.86. The van der Waals surface area contributed by atoms with Gasteiger partial charge in [-0.05, 0) is 26.0 Å². The Morgan fingerprint density at radius 1 is 1.29 bits per heavy atom. The average molecular weight is 282 g/mol. The Hall–Kier alpha value is -2.69. The molecule has 0 saturated heterocycles. The number of Topliss-reactive ketones (excluding diaryl/α,β-unsaturated/α-hetero) is 1. The molecular weight excluding hydrogens is 264 g/mol. The van der Waals surface area contributed by atoms with Crippen LogP contribution in [-0.4, -0.2) is 22.3 Å². The SMILES string of the molecule is C=CCNc1cc(Nc2cccc(C(C)=O)c2)nc(C)n1. The predicted octanol–water partition coefficient (Wildman–Crippen LogP) is 3.33. The van der Waals surface area contributed by atoms with Crippen LogP contribution in [0, 0.1) is 6.92 Å². The van der Waals surface area contributed by atoms with Gasteiger partial charge in [-0.25, -0.2) is 9.97 Å². The number of carbonyl (C=O) groups is 1. The minimum atomic E-state index is 0.0332. The van der Waals surface area contributed by atoms with Crippen molar-refractivity contribution in [3.05, 3.63) is 54.4 Å². The molecule has 0 saturated carbocycles. The van der Waals surface area contributed by atoms with Gasteiger partial charge >= 0.3 is 0 Å². The van der Waals surface area contributed by atoms with Crippen molar-refractivity contribution in [3.8, 4) is 0 Å². The van der Waals surface area contributed by atoms with E-state index in [4.69, 9.17) is 0 Å². The third-order valence-corrected chi connectivity index (χ3v) is 2.81. The second-order valence-corrected chi connectivity index (χ2v) is 4.62. The van der Waals surface area contributed by atoms with Gasteiger partial charge in [0.05, 0.1) is 0 Å². The highest BCUT2D eigenvalue weighted by atomic mass is 16.1. The summed E-state index contributed by atoms with van der Waals surface area (Å²) in [5, 5.41) is 6.32. The van der Waals surface area contributed by atoms with Crippen molar-refractivity contribution in [2.45, 2.75) is 13.8 Å². The van der Waals surface area contributed by atoms with Crippen LogP contribution in [0.1, 0.15) is 23.1 Å². The molecule has 0 amide bonds. The highest BCUT2D eigenvalue weighted by molar-refractivity contribution is 5.95. The van der Waals surface area contributed by atoms with Crippen molar-refractivity contribution >= 4 is 23.1 Å². The van der Waals surface area contributed by atoms with Gasteiger partial charge in [-0.1, -0.05) is 18.2 Å². The van der Waals surface area contributed by atoms with Gasteiger partial charge in [-0.15, -0.1) is 6.58 Å². The maximum atomic E-state index is 11.4. The maximum Gasteiger partial charge on any atom is 0.159 e. The van der Waals surface area contributed by atoms with Crippen LogP contribution in [-0.2, 0) is 0 Å². The maximum absolute atomic E-state index is 11.4. The first-order valence-corrected chi connectivity index (χ1v) is 6.67. The first-order valence-electron chi connectivity index (χ1n) is 6.67. The van der Waals surface area contributed by atoms with Gasteiger partial charge in [-0.3, -0.25) is 4.79 Å². The van der Waals surface area contributed by atoms with Gasteiger partial charge in [-0.2, -0.15) is 0 Å². The van der Waals surface area contributed by atoms with Crippen LogP contribution >= 0.6 is 0 Å². The number of carbonyl (C=O) groups excluding carboxylic acids is 1. The summed E-state index contributed by atoms with van der Waals surface area (Å²) in [4.78, 5) is 20.0. The highest BCUT2D eigenvalue weighted by Crippen LogP contribution is 2.18. The molecule has 1 heterocycles. The van der Waals surface area contributed by atoms with Crippen molar-refractivity contribution in [2.24, 2.45) is 0 Å². The number of ketones is 1. The van der Waals surface area contributed by atoms with Crippen LogP contribution in [0.25, 0.3) is 0 Å². The van der Waals surface area contributed by atoms with Crippen LogP contribution in [0.2, 0.25) is 0 Å². The number of benzene rings is 1. The van der Waals surface area contributed by atoms with E-state index in [1.54, 1.807) is 25.1 Å². The second kappa shape index (κ2) is 6.65. The first kappa shape index (κ1) is 14.7. The molecular formula is C16H18N4O. The number of rotatable bonds is 6. The zero-order valence-electron chi connectivity index (χ0n) is 12.2. The molecule has 0 aliphatic carbocycles. The molecule has 0 bridgehead atoms.